The Kier molecular flexibility index (Phi) is 3.10. The molecule has 1 aliphatic carbocycles. The number of halogens is 1. The van der Waals surface area contributed by atoms with Crippen LogP contribution in [0.25, 0.3) is 0 Å². The molecular formula is C15H13FN2O2. The van der Waals surface area contributed by atoms with Crippen molar-refractivity contribution in [2.24, 2.45) is 0 Å². The highest BCUT2D eigenvalue weighted by molar-refractivity contribution is 5.52. The minimum absolute atomic E-state index is 0.128. The average Bonchev–Trinajstić information content (AvgIpc) is 2.83. The van der Waals surface area contributed by atoms with Crippen LogP contribution in [0.4, 0.5) is 15.8 Å². The van der Waals surface area contributed by atoms with E-state index < -0.39 is 10.7 Å². The van der Waals surface area contributed by atoms with Crippen LogP contribution in [0.15, 0.2) is 42.5 Å². The zero-order valence-corrected chi connectivity index (χ0v) is 10.7. The van der Waals surface area contributed by atoms with Gasteiger partial charge in [0.05, 0.1) is 16.7 Å². The van der Waals surface area contributed by atoms with E-state index in [2.05, 4.69) is 17.4 Å². The standard InChI is InChI=1S/C15H13FN2O2/c16-14-9-13(18(19)20)5-6-15(14)17-12-7-10-3-1-2-4-11(10)8-12/h1-6,9,12,17H,7-8H2. The van der Waals surface area contributed by atoms with Crippen LogP contribution < -0.4 is 5.32 Å². The summed E-state index contributed by atoms with van der Waals surface area (Å²) in [5.74, 6) is -0.588. The molecule has 20 heavy (non-hydrogen) atoms. The summed E-state index contributed by atoms with van der Waals surface area (Å²) in [6.45, 7) is 0. The summed E-state index contributed by atoms with van der Waals surface area (Å²) in [7, 11) is 0. The molecule has 2 aromatic rings. The van der Waals surface area contributed by atoms with Crippen molar-refractivity contribution in [2.75, 3.05) is 5.32 Å². The van der Waals surface area contributed by atoms with E-state index in [4.69, 9.17) is 0 Å². The topological polar surface area (TPSA) is 55.2 Å². The summed E-state index contributed by atoms with van der Waals surface area (Å²) >= 11 is 0. The van der Waals surface area contributed by atoms with Gasteiger partial charge in [-0.15, -0.1) is 0 Å². The lowest BCUT2D eigenvalue weighted by molar-refractivity contribution is -0.385. The van der Waals surface area contributed by atoms with Crippen molar-refractivity contribution in [3.8, 4) is 0 Å². The summed E-state index contributed by atoms with van der Waals surface area (Å²) in [5, 5.41) is 13.7. The number of hydrogen-bond donors (Lipinski definition) is 1. The average molecular weight is 272 g/mol. The van der Waals surface area contributed by atoms with E-state index in [-0.39, 0.29) is 11.7 Å². The highest BCUT2D eigenvalue weighted by atomic mass is 19.1. The fourth-order valence-corrected chi connectivity index (χ4v) is 2.62. The lowest BCUT2D eigenvalue weighted by Crippen LogP contribution is -2.20. The minimum Gasteiger partial charge on any atom is -0.379 e. The monoisotopic (exact) mass is 272 g/mol. The Morgan fingerprint density at radius 2 is 1.80 bits per heavy atom. The van der Waals surface area contributed by atoms with Crippen molar-refractivity contribution in [3.63, 3.8) is 0 Å². The van der Waals surface area contributed by atoms with Crippen molar-refractivity contribution in [1.29, 1.82) is 0 Å². The number of fused-ring (bicyclic) bond motifs is 1. The molecule has 102 valence electrons. The molecule has 0 atom stereocenters. The molecule has 0 amide bonds. The largest absolute Gasteiger partial charge is 0.379 e. The number of nitrogens with one attached hydrogen (secondary N) is 1. The van der Waals surface area contributed by atoms with Crippen LogP contribution in [0.2, 0.25) is 0 Å². The number of rotatable bonds is 3. The second kappa shape index (κ2) is 4.92. The molecule has 0 fully saturated rings. The lowest BCUT2D eigenvalue weighted by Gasteiger charge is -2.14. The molecule has 0 heterocycles. The van der Waals surface area contributed by atoms with Gasteiger partial charge in [0.25, 0.3) is 5.69 Å². The minimum atomic E-state index is -0.599. The van der Waals surface area contributed by atoms with E-state index in [1.54, 1.807) is 0 Å². The van der Waals surface area contributed by atoms with E-state index >= 15 is 0 Å². The number of nitrogens with zero attached hydrogens (tertiary/aromatic N) is 1. The van der Waals surface area contributed by atoms with Gasteiger partial charge < -0.3 is 5.32 Å². The fraction of sp³-hybridized carbons (Fsp3) is 0.200. The van der Waals surface area contributed by atoms with Crippen molar-refractivity contribution in [3.05, 3.63) is 69.5 Å². The van der Waals surface area contributed by atoms with E-state index in [1.165, 1.54) is 23.3 Å². The Morgan fingerprint density at radius 1 is 1.15 bits per heavy atom. The second-order valence-electron chi connectivity index (χ2n) is 4.94. The first-order valence-corrected chi connectivity index (χ1v) is 6.41. The quantitative estimate of drug-likeness (QED) is 0.689. The molecule has 3 rings (SSSR count). The number of benzene rings is 2. The van der Waals surface area contributed by atoms with Crippen molar-refractivity contribution in [1.82, 2.24) is 0 Å². The molecule has 0 aromatic heterocycles. The highest BCUT2D eigenvalue weighted by Gasteiger charge is 2.22. The molecule has 0 unspecified atom stereocenters. The Morgan fingerprint density at radius 3 is 2.35 bits per heavy atom. The molecule has 0 spiro atoms. The Hall–Kier alpha value is -2.43. The molecule has 0 bridgehead atoms. The van der Waals surface area contributed by atoms with Gasteiger partial charge in [-0.3, -0.25) is 10.1 Å². The predicted molar refractivity (Wildman–Crippen MR) is 74.3 cm³/mol. The maximum atomic E-state index is 13.8. The molecule has 1 aliphatic rings. The molecule has 5 heteroatoms. The van der Waals surface area contributed by atoms with Gasteiger partial charge in [0.15, 0.2) is 5.82 Å². The molecule has 4 nitrogen and oxygen atoms in total. The third kappa shape index (κ3) is 2.34. The number of hydrogen-bond acceptors (Lipinski definition) is 3. The van der Waals surface area contributed by atoms with Gasteiger partial charge in [0, 0.05) is 12.1 Å². The van der Waals surface area contributed by atoms with Crippen LogP contribution >= 0.6 is 0 Å². The smallest absolute Gasteiger partial charge is 0.272 e. The summed E-state index contributed by atoms with van der Waals surface area (Å²) < 4.78 is 13.8. The molecule has 0 saturated carbocycles. The summed E-state index contributed by atoms with van der Waals surface area (Å²) in [4.78, 5) is 9.98. The van der Waals surface area contributed by atoms with E-state index in [1.807, 2.05) is 12.1 Å². The van der Waals surface area contributed by atoms with Crippen molar-refractivity contribution < 1.29 is 9.31 Å². The van der Waals surface area contributed by atoms with Crippen LogP contribution in [-0.2, 0) is 12.8 Å². The van der Waals surface area contributed by atoms with Crippen LogP contribution in [0, 0.1) is 15.9 Å². The normalized spacial score (nSPS) is 14.1. The molecular weight excluding hydrogens is 259 g/mol. The Labute approximate surface area is 115 Å². The van der Waals surface area contributed by atoms with Crippen molar-refractivity contribution >= 4 is 11.4 Å². The molecule has 0 radical (unpaired) electrons. The van der Waals surface area contributed by atoms with E-state index in [9.17, 15) is 14.5 Å². The Balaban J connectivity index is 1.75. The number of anilines is 1. The van der Waals surface area contributed by atoms with Gasteiger partial charge >= 0.3 is 0 Å². The summed E-state index contributed by atoms with van der Waals surface area (Å²) in [6, 6.07) is 11.9. The first-order valence-electron chi connectivity index (χ1n) is 6.41. The maximum Gasteiger partial charge on any atom is 0.272 e. The first kappa shape index (κ1) is 12.6. The highest BCUT2D eigenvalue weighted by Crippen LogP contribution is 2.27. The fourth-order valence-electron chi connectivity index (χ4n) is 2.62. The third-order valence-electron chi connectivity index (χ3n) is 3.57. The van der Waals surface area contributed by atoms with Gasteiger partial charge in [-0.1, -0.05) is 24.3 Å². The van der Waals surface area contributed by atoms with Crippen LogP contribution in [0.5, 0.6) is 0 Å². The maximum absolute atomic E-state index is 13.8. The van der Waals surface area contributed by atoms with Gasteiger partial charge in [0.2, 0.25) is 0 Å². The van der Waals surface area contributed by atoms with Crippen LogP contribution in [0.3, 0.4) is 0 Å². The van der Waals surface area contributed by atoms with Crippen LogP contribution in [-0.4, -0.2) is 11.0 Å². The molecule has 0 aliphatic heterocycles. The molecule has 0 saturated heterocycles. The van der Waals surface area contributed by atoms with E-state index in [0.717, 1.165) is 18.9 Å². The third-order valence-corrected chi connectivity index (χ3v) is 3.57. The second-order valence-corrected chi connectivity index (χ2v) is 4.94. The number of nitro benzene ring substituents is 1. The van der Waals surface area contributed by atoms with Gasteiger partial charge in [0.1, 0.15) is 0 Å². The van der Waals surface area contributed by atoms with Gasteiger partial charge in [-0.05, 0) is 30.0 Å². The van der Waals surface area contributed by atoms with Gasteiger partial charge in [-0.25, -0.2) is 4.39 Å². The van der Waals surface area contributed by atoms with Crippen molar-refractivity contribution in [2.45, 2.75) is 18.9 Å². The number of nitro groups is 1. The van der Waals surface area contributed by atoms with Crippen LogP contribution in [0.1, 0.15) is 11.1 Å². The zero-order chi connectivity index (χ0) is 14.1. The first-order chi connectivity index (χ1) is 9.63. The molecule has 1 N–H and O–H groups in total. The summed E-state index contributed by atoms with van der Waals surface area (Å²) in [6.07, 6.45) is 1.68. The van der Waals surface area contributed by atoms with E-state index in [0.29, 0.717) is 5.69 Å². The molecule has 2 aromatic carbocycles. The SMILES string of the molecule is O=[N+]([O-])c1ccc(NC2Cc3ccccc3C2)c(F)c1. The summed E-state index contributed by atoms with van der Waals surface area (Å²) in [5.41, 5.74) is 2.62. The lowest BCUT2D eigenvalue weighted by atomic mass is 10.1. The number of non-ortho nitro benzene ring substituents is 1. The zero-order valence-electron chi connectivity index (χ0n) is 10.7. The predicted octanol–water partition coefficient (Wildman–Crippen LogP) is 3.31. The Bertz CT molecular complexity index is 648. The van der Waals surface area contributed by atoms with Gasteiger partial charge in [-0.2, -0.15) is 0 Å².